The SMILES string of the molecule is [3H]c1nc(C)cn2c(C(C)C)ncc12. The molecule has 0 saturated heterocycles. The summed E-state index contributed by atoms with van der Waals surface area (Å²) in [4.78, 5) is 8.38. The van der Waals surface area contributed by atoms with Crippen LogP contribution >= 0.6 is 0 Å². The molecule has 2 aromatic heterocycles. The standard InChI is InChI=1S/C10H13N3/c1-7(2)10-12-5-9-4-11-8(3)6-13(9)10/h4-7H,1-3H3/i4T. The molecule has 0 aromatic carbocycles. The van der Waals surface area contributed by atoms with E-state index in [2.05, 4.69) is 23.8 Å². The Morgan fingerprint density at radius 3 is 2.92 bits per heavy atom. The zero-order valence-corrected chi connectivity index (χ0v) is 8.07. The molecule has 2 rings (SSSR count). The van der Waals surface area contributed by atoms with Crippen molar-refractivity contribution >= 4 is 5.52 Å². The second-order valence-electron chi connectivity index (χ2n) is 3.52. The molecule has 0 N–H and O–H groups in total. The lowest BCUT2D eigenvalue weighted by Gasteiger charge is -2.03. The maximum Gasteiger partial charge on any atom is 0.115 e. The fourth-order valence-electron chi connectivity index (χ4n) is 1.38. The topological polar surface area (TPSA) is 30.2 Å². The van der Waals surface area contributed by atoms with Crippen LogP contribution in [0.1, 0.15) is 32.7 Å². The average Bonchev–Trinajstić information content (AvgIpc) is 2.47. The molecule has 68 valence electrons. The summed E-state index contributed by atoms with van der Waals surface area (Å²) >= 11 is 0. The molecule has 0 unspecified atom stereocenters. The minimum absolute atomic E-state index is 0.296. The quantitative estimate of drug-likeness (QED) is 0.668. The average molecular weight is 177 g/mol. The number of hydrogen-bond acceptors (Lipinski definition) is 2. The number of rotatable bonds is 1. The predicted molar refractivity (Wildman–Crippen MR) is 51.8 cm³/mol. The Bertz CT molecular complexity index is 473. The zero-order chi connectivity index (χ0) is 10.3. The normalized spacial score (nSPS) is 12.5. The summed E-state index contributed by atoms with van der Waals surface area (Å²) < 4.78 is 9.64. The molecule has 0 aliphatic heterocycles. The number of aromatic nitrogens is 3. The largest absolute Gasteiger partial charge is 0.300 e. The fourth-order valence-corrected chi connectivity index (χ4v) is 1.38. The Morgan fingerprint density at radius 1 is 1.46 bits per heavy atom. The van der Waals surface area contributed by atoms with Crippen LogP contribution in [0.3, 0.4) is 0 Å². The Hall–Kier alpha value is -1.38. The van der Waals surface area contributed by atoms with Crippen molar-refractivity contribution in [3.05, 3.63) is 30.1 Å². The second kappa shape index (κ2) is 2.83. The van der Waals surface area contributed by atoms with Gasteiger partial charge in [-0.1, -0.05) is 13.8 Å². The van der Waals surface area contributed by atoms with E-state index in [1.807, 2.05) is 17.5 Å². The van der Waals surface area contributed by atoms with Gasteiger partial charge >= 0.3 is 0 Å². The molecular weight excluding hydrogens is 162 g/mol. The van der Waals surface area contributed by atoms with E-state index in [0.29, 0.717) is 12.1 Å². The maximum absolute atomic E-state index is 7.69. The first-order chi connectivity index (χ1) is 6.59. The van der Waals surface area contributed by atoms with Gasteiger partial charge in [0, 0.05) is 12.1 Å². The molecule has 0 atom stereocenters. The third-order valence-corrected chi connectivity index (χ3v) is 2.00. The maximum atomic E-state index is 7.69. The molecule has 2 heterocycles. The molecule has 3 nitrogen and oxygen atoms in total. The van der Waals surface area contributed by atoms with Crippen LogP contribution in [-0.2, 0) is 0 Å². The summed E-state index contributed by atoms with van der Waals surface area (Å²) in [6.07, 6.45) is 3.93. The van der Waals surface area contributed by atoms with Crippen molar-refractivity contribution in [1.82, 2.24) is 14.4 Å². The highest BCUT2D eigenvalue weighted by atomic mass is 15.0. The van der Waals surface area contributed by atoms with Crippen molar-refractivity contribution in [2.75, 3.05) is 0 Å². The van der Waals surface area contributed by atoms with Crippen molar-refractivity contribution < 1.29 is 1.37 Å². The van der Waals surface area contributed by atoms with Crippen molar-refractivity contribution in [2.45, 2.75) is 26.7 Å². The lowest BCUT2D eigenvalue weighted by molar-refractivity contribution is 0.767. The van der Waals surface area contributed by atoms with Crippen molar-refractivity contribution in [3.8, 4) is 0 Å². The monoisotopic (exact) mass is 177 g/mol. The number of nitrogens with zero attached hydrogens (tertiary/aromatic N) is 3. The Labute approximate surface area is 78.9 Å². The molecule has 0 spiro atoms. The fraction of sp³-hybridized carbons (Fsp3) is 0.400. The molecule has 0 aliphatic rings. The van der Waals surface area contributed by atoms with E-state index in [0.717, 1.165) is 17.0 Å². The van der Waals surface area contributed by atoms with Crippen LogP contribution in [0.2, 0.25) is 0 Å². The Kier molecular flexibility index (Phi) is 1.54. The summed E-state index contributed by atoms with van der Waals surface area (Å²) in [6, 6.07) is 0. The van der Waals surface area contributed by atoms with Crippen LogP contribution in [0.15, 0.2) is 18.6 Å². The molecule has 0 saturated carbocycles. The minimum atomic E-state index is 0.296. The van der Waals surface area contributed by atoms with Gasteiger partial charge < -0.3 is 4.40 Å². The second-order valence-corrected chi connectivity index (χ2v) is 3.52. The van der Waals surface area contributed by atoms with Crippen LogP contribution in [-0.4, -0.2) is 14.4 Å². The summed E-state index contributed by atoms with van der Waals surface area (Å²) in [5.41, 5.74) is 1.63. The van der Waals surface area contributed by atoms with Gasteiger partial charge in [0.25, 0.3) is 0 Å². The Balaban J connectivity index is 2.78. The van der Waals surface area contributed by atoms with Crippen molar-refractivity contribution in [3.63, 3.8) is 0 Å². The van der Waals surface area contributed by atoms with Gasteiger partial charge in [-0.2, -0.15) is 0 Å². The van der Waals surface area contributed by atoms with Gasteiger partial charge in [-0.05, 0) is 6.92 Å². The van der Waals surface area contributed by atoms with Crippen LogP contribution in [0.5, 0.6) is 0 Å². The molecular formula is C10H13N3. The van der Waals surface area contributed by atoms with E-state index in [9.17, 15) is 0 Å². The summed E-state index contributed by atoms with van der Waals surface area (Å²) in [7, 11) is 0. The summed E-state index contributed by atoms with van der Waals surface area (Å²) in [5.74, 6) is 1.35. The van der Waals surface area contributed by atoms with Gasteiger partial charge in [-0.15, -0.1) is 0 Å². The highest BCUT2D eigenvalue weighted by molar-refractivity contribution is 5.44. The lowest BCUT2D eigenvalue weighted by Crippen LogP contribution is -1.98. The highest BCUT2D eigenvalue weighted by Crippen LogP contribution is 2.14. The molecule has 3 heteroatoms. The third-order valence-electron chi connectivity index (χ3n) is 2.00. The smallest absolute Gasteiger partial charge is 0.115 e. The van der Waals surface area contributed by atoms with Gasteiger partial charge in [0.05, 0.1) is 25.0 Å². The summed E-state index contributed by atoms with van der Waals surface area (Å²) in [6.45, 7) is 6.07. The van der Waals surface area contributed by atoms with E-state index in [1.165, 1.54) is 0 Å². The van der Waals surface area contributed by atoms with Crippen LogP contribution in [0.25, 0.3) is 5.52 Å². The van der Waals surface area contributed by atoms with Crippen molar-refractivity contribution in [2.24, 2.45) is 0 Å². The highest BCUT2D eigenvalue weighted by Gasteiger charge is 2.06. The number of imidazole rings is 1. The van der Waals surface area contributed by atoms with Crippen LogP contribution in [0.4, 0.5) is 0 Å². The van der Waals surface area contributed by atoms with E-state index in [1.54, 1.807) is 6.20 Å². The molecule has 0 radical (unpaired) electrons. The van der Waals surface area contributed by atoms with Gasteiger partial charge in [-0.3, -0.25) is 4.98 Å². The first kappa shape index (κ1) is 7.06. The van der Waals surface area contributed by atoms with Crippen molar-refractivity contribution in [1.29, 1.82) is 0 Å². The predicted octanol–water partition coefficient (Wildman–Crippen LogP) is 2.16. The van der Waals surface area contributed by atoms with E-state index in [-0.39, 0.29) is 0 Å². The van der Waals surface area contributed by atoms with Gasteiger partial charge in [-0.25, -0.2) is 4.98 Å². The first-order valence-corrected chi connectivity index (χ1v) is 4.41. The van der Waals surface area contributed by atoms with Gasteiger partial charge in [0.2, 0.25) is 0 Å². The van der Waals surface area contributed by atoms with Crippen LogP contribution < -0.4 is 0 Å². The molecule has 0 bridgehead atoms. The van der Waals surface area contributed by atoms with E-state index >= 15 is 0 Å². The summed E-state index contributed by atoms with van der Waals surface area (Å²) in [5, 5.41) is 0. The number of aryl methyl sites for hydroxylation is 1. The van der Waals surface area contributed by atoms with E-state index in [4.69, 9.17) is 1.37 Å². The molecule has 2 aromatic rings. The molecule has 13 heavy (non-hydrogen) atoms. The van der Waals surface area contributed by atoms with Crippen LogP contribution in [0, 0.1) is 6.92 Å². The Morgan fingerprint density at radius 2 is 2.23 bits per heavy atom. The minimum Gasteiger partial charge on any atom is -0.300 e. The lowest BCUT2D eigenvalue weighted by atomic mass is 10.2. The molecule has 0 aliphatic carbocycles. The third kappa shape index (κ3) is 1.30. The first-order valence-electron chi connectivity index (χ1n) is 4.91. The molecule has 0 fully saturated rings. The van der Waals surface area contributed by atoms with Gasteiger partial charge in [0.15, 0.2) is 0 Å². The van der Waals surface area contributed by atoms with E-state index < -0.39 is 0 Å². The molecule has 0 amide bonds. The van der Waals surface area contributed by atoms with Gasteiger partial charge in [0.1, 0.15) is 5.82 Å². The number of hydrogen-bond donors (Lipinski definition) is 0. The number of fused-ring (bicyclic) bond motifs is 1. The zero-order valence-electron chi connectivity index (χ0n) is 9.07.